The van der Waals surface area contributed by atoms with Crippen LogP contribution in [0.2, 0.25) is 0 Å². The molecule has 1 aliphatic rings. The molecule has 0 bridgehead atoms. The van der Waals surface area contributed by atoms with Crippen molar-refractivity contribution >= 4 is 23.3 Å². The maximum atomic E-state index is 14.2. The Labute approximate surface area is 245 Å². The molecule has 0 saturated heterocycles. The minimum Gasteiger partial charge on any atom is -0.461 e. The van der Waals surface area contributed by atoms with Gasteiger partial charge in [0.15, 0.2) is 5.82 Å². The summed E-state index contributed by atoms with van der Waals surface area (Å²) in [5.41, 5.74) is -0.389. The molecule has 0 heterocycles. The molecule has 1 aromatic carbocycles. The standard InChI is InChI=1S/C15H14F4N2O3.C14H22O2.C2H6/c1-8-5-14(12(16)7-13(8)21(23)24)20(11(4)22)10(3)6-9(2)15(17,18)19;1-11(2)10-16-14(15)13-9-7-5-4-6-8-12(13)3;1-2/h5-7H,3H2,1-2,4H3;13H,1,3-10H2,2H3;1-2H3/b9-6+;;. The lowest BCUT2D eigenvalue weighted by Crippen LogP contribution is -2.28. The van der Waals surface area contributed by atoms with E-state index in [4.69, 9.17) is 4.74 Å². The molecular formula is C31H42F4N2O5. The van der Waals surface area contributed by atoms with E-state index in [-0.39, 0.29) is 17.5 Å². The average molecular weight is 599 g/mol. The minimum absolute atomic E-state index is 0.0481. The molecule has 1 saturated carbocycles. The molecular weight excluding hydrogens is 556 g/mol. The number of anilines is 1. The summed E-state index contributed by atoms with van der Waals surface area (Å²) in [6, 6.07) is 1.62. The summed E-state index contributed by atoms with van der Waals surface area (Å²) >= 11 is 0. The third kappa shape index (κ3) is 12.4. The van der Waals surface area contributed by atoms with Crippen LogP contribution in [0.15, 0.2) is 60.4 Å². The lowest BCUT2D eigenvalue weighted by molar-refractivity contribution is -0.385. The van der Waals surface area contributed by atoms with Gasteiger partial charge in [0, 0.05) is 23.8 Å². The number of rotatable bonds is 7. The summed E-state index contributed by atoms with van der Waals surface area (Å²) in [7, 11) is 0. The first kappa shape index (κ1) is 38.2. The summed E-state index contributed by atoms with van der Waals surface area (Å²) < 4.78 is 57.2. The van der Waals surface area contributed by atoms with Gasteiger partial charge in [-0.25, -0.2) is 4.39 Å². The molecule has 0 spiro atoms. The molecule has 0 aliphatic heterocycles. The van der Waals surface area contributed by atoms with E-state index >= 15 is 0 Å². The highest BCUT2D eigenvalue weighted by Crippen LogP contribution is 2.32. The van der Waals surface area contributed by atoms with E-state index < -0.39 is 45.5 Å². The lowest BCUT2D eigenvalue weighted by atomic mass is 9.87. The van der Waals surface area contributed by atoms with Crippen molar-refractivity contribution in [1.29, 1.82) is 0 Å². The van der Waals surface area contributed by atoms with Crippen molar-refractivity contribution in [2.75, 3.05) is 11.5 Å². The first-order valence-electron chi connectivity index (χ1n) is 13.7. The number of allylic oxidation sites excluding steroid dienone is 2. The highest BCUT2D eigenvalue weighted by atomic mass is 19.4. The van der Waals surface area contributed by atoms with Gasteiger partial charge >= 0.3 is 12.1 Å². The molecule has 0 aromatic heterocycles. The van der Waals surface area contributed by atoms with E-state index in [9.17, 15) is 37.3 Å². The predicted molar refractivity (Wildman–Crippen MR) is 157 cm³/mol. The topological polar surface area (TPSA) is 89.8 Å². The Morgan fingerprint density at radius 3 is 2.19 bits per heavy atom. The maximum absolute atomic E-state index is 14.2. The summed E-state index contributed by atoms with van der Waals surface area (Å²) in [4.78, 5) is 34.2. The second-order valence-corrected chi connectivity index (χ2v) is 9.75. The number of nitro groups is 1. The van der Waals surface area contributed by atoms with Crippen LogP contribution in [0.3, 0.4) is 0 Å². The summed E-state index contributed by atoms with van der Waals surface area (Å²) in [6.07, 6.45) is 2.56. The zero-order chi connectivity index (χ0) is 32.8. The Hall–Kier alpha value is -3.76. The van der Waals surface area contributed by atoms with Crippen LogP contribution in [0.1, 0.15) is 78.7 Å². The van der Waals surface area contributed by atoms with Crippen molar-refractivity contribution in [3.8, 4) is 0 Å². The van der Waals surface area contributed by atoms with E-state index in [1.807, 2.05) is 20.8 Å². The van der Waals surface area contributed by atoms with Crippen molar-refractivity contribution in [3.63, 3.8) is 0 Å². The van der Waals surface area contributed by atoms with Gasteiger partial charge in [0.1, 0.15) is 6.61 Å². The molecule has 1 aliphatic carbocycles. The zero-order valence-electron chi connectivity index (χ0n) is 25.3. The van der Waals surface area contributed by atoms with Gasteiger partial charge in [0.25, 0.3) is 5.69 Å². The molecule has 1 aromatic rings. The van der Waals surface area contributed by atoms with Crippen LogP contribution in [0, 0.1) is 28.8 Å². The monoisotopic (exact) mass is 598 g/mol. The van der Waals surface area contributed by atoms with Gasteiger partial charge in [0.05, 0.1) is 22.6 Å². The quantitative estimate of drug-likeness (QED) is 0.0780. The van der Waals surface area contributed by atoms with E-state index in [1.54, 1.807) is 0 Å². The number of benzene rings is 1. The molecule has 234 valence electrons. The zero-order valence-corrected chi connectivity index (χ0v) is 25.3. The Balaban J connectivity index is 0.000000809. The van der Waals surface area contributed by atoms with E-state index in [1.165, 1.54) is 19.8 Å². The Morgan fingerprint density at radius 1 is 1.12 bits per heavy atom. The summed E-state index contributed by atoms with van der Waals surface area (Å²) in [5.74, 6) is -2.12. The lowest BCUT2D eigenvalue weighted by Gasteiger charge is -2.23. The third-order valence-corrected chi connectivity index (χ3v) is 6.11. The van der Waals surface area contributed by atoms with Crippen LogP contribution < -0.4 is 4.90 Å². The molecule has 0 radical (unpaired) electrons. The number of carbonyl (C=O) groups is 2. The number of alkyl halides is 3. The molecule has 1 amide bonds. The fourth-order valence-electron chi connectivity index (χ4n) is 3.96. The number of halogens is 4. The number of esters is 1. The van der Waals surface area contributed by atoms with Gasteiger partial charge in [-0.3, -0.25) is 24.6 Å². The molecule has 1 fully saturated rings. The maximum Gasteiger partial charge on any atom is 0.412 e. The normalized spacial score (nSPS) is 15.4. The van der Waals surface area contributed by atoms with E-state index in [0.717, 1.165) is 56.7 Å². The SMILES string of the molecule is C=C(/C=C(\C)C(F)(F)F)N(C(C)=O)c1cc(C)c([N+](=O)[O-])cc1F.C=C(C)COC(=O)C1CCCCCCC1=C.CC. The number of aryl methyl sites for hydroxylation is 1. The van der Waals surface area contributed by atoms with Crippen molar-refractivity contribution in [2.24, 2.45) is 5.92 Å². The van der Waals surface area contributed by atoms with Crippen molar-refractivity contribution in [1.82, 2.24) is 0 Å². The van der Waals surface area contributed by atoms with E-state index in [2.05, 4.69) is 19.7 Å². The van der Waals surface area contributed by atoms with Gasteiger partial charge in [-0.1, -0.05) is 58.4 Å². The van der Waals surface area contributed by atoms with Gasteiger partial charge in [-0.15, -0.1) is 0 Å². The summed E-state index contributed by atoms with van der Waals surface area (Å²) in [5, 5.41) is 10.8. The highest BCUT2D eigenvalue weighted by Gasteiger charge is 2.31. The third-order valence-electron chi connectivity index (χ3n) is 6.11. The molecule has 2 rings (SSSR count). The minimum atomic E-state index is -4.63. The molecule has 7 nitrogen and oxygen atoms in total. The number of nitro benzene ring substituents is 1. The Bertz CT molecular complexity index is 1190. The first-order valence-corrected chi connectivity index (χ1v) is 13.7. The highest BCUT2D eigenvalue weighted by molar-refractivity contribution is 5.95. The molecule has 42 heavy (non-hydrogen) atoms. The largest absolute Gasteiger partial charge is 0.461 e. The van der Waals surface area contributed by atoms with Crippen molar-refractivity contribution < 1.29 is 36.8 Å². The Morgan fingerprint density at radius 2 is 1.69 bits per heavy atom. The van der Waals surface area contributed by atoms with Crippen LogP contribution in [0.25, 0.3) is 0 Å². The van der Waals surface area contributed by atoms with Crippen LogP contribution >= 0.6 is 0 Å². The van der Waals surface area contributed by atoms with Gasteiger partial charge in [-0.2, -0.15) is 13.2 Å². The van der Waals surface area contributed by atoms with Gasteiger partial charge < -0.3 is 4.74 Å². The van der Waals surface area contributed by atoms with Crippen LogP contribution in [0.5, 0.6) is 0 Å². The van der Waals surface area contributed by atoms with Crippen molar-refractivity contribution in [3.05, 3.63) is 81.9 Å². The molecule has 1 unspecified atom stereocenters. The summed E-state index contributed by atoms with van der Waals surface area (Å²) in [6.45, 7) is 20.4. The molecule has 1 atom stereocenters. The number of nitrogens with zero attached hydrogens (tertiary/aromatic N) is 2. The van der Waals surface area contributed by atoms with Gasteiger partial charge in [0.2, 0.25) is 5.91 Å². The number of hydrogen-bond acceptors (Lipinski definition) is 5. The number of hydrogen-bond donors (Lipinski definition) is 0. The number of carbonyl (C=O) groups excluding carboxylic acids is 2. The van der Waals surface area contributed by atoms with E-state index in [0.29, 0.717) is 23.6 Å². The average Bonchev–Trinajstić information content (AvgIpc) is 2.87. The number of ether oxygens (including phenoxy) is 1. The smallest absolute Gasteiger partial charge is 0.412 e. The van der Waals surface area contributed by atoms with Crippen LogP contribution in [0.4, 0.5) is 28.9 Å². The fraction of sp³-hybridized carbons (Fsp3) is 0.484. The Kier molecular flexibility index (Phi) is 16.3. The second-order valence-electron chi connectivity index (χ2n) is 9.75. The second kappa shape index (κ2) is 17.9. The van der Waals surface area contributed by atoms with Crippen LogP contribution in [-0.2, 0) is 14.3 Å². The predicted octanol–water partition coefficient (Wildman–Crippen LogP) is 9.08. The first-order chi connectivity index (χ1) is 19.5. The molecule has 11 heteroatoms. The van der Waals surface area contributed by atoms with Gasteiger partial charge in [-0.05, 0) is 57.7 Å². The van der Waals surface area contributed by atoms with Crippen molar-refractivity contribution in [2.45, 2.75) is 86.2 Å². The van der Waals surface area contributed by atoms with Crippen LogP contribution in [-0.4, -0.2) is 29.6 Å². The number of amides is 1. The molecule has 0 N–H and O–H groups in total. The fourth-order valence-corrected chi connectivity index (χ4v) is 3.96.